The van der Waals surface area contributed by atoms with E-state index < -0.39 is 0 Å². The number of thiophene rings is 4. The first kappa shape index (κ1) is 56.1. The van der Waals surface area contributed by atoms with E-state index in [-0.39, 0.29) is 0 Å². The molecule has 6 heteroatoms. The summed E-state index contributed by atoms with van der Waals surface area (Å²) in [4.78, 5) is 5.83. The van der Waals surface area contributed by atoms with Crippen LogP contribution in [-0.4, -0.2) is 0 Å². The zero-order valence-electron chi connectivity index (χ0n) is 40.3. The highest BCUT2D eigenvalue weighted by atomic mass is 79.9. The van der Waals surface area contributed by atoms with Crippen molar-refractivity contribution in [3.05, 3.63) is 64.9 Å². The molecule has 62 heavy (non-hydrogen) atoms. The lowest BCUT2D eigenvalue weighted by atomic mass is 10.0. The fourth-order valence-corrected chi connectivity index (χ4v) is 14.1. The van der Waals surface area contributed by atoms with E-state index in [1.807, 2.05) is 45.3 Å². The number of rotatable bonds is 38. The molecule has 0 amide bonds. The number of unbranched alkanes of at least 4 members (excludes halogenated alkanes) is 28. The number of aryl methyl sites for hydroxylation is 4. The van der Waals surface area contributed by atoms with Crippen molar-refractivity contribution in [3.8, 4) is 19.5 Å². The molecule has 0 fully saturated rings. The molecule has 0 aliphatic heterocycles. The van der Waals surface area contributed by atoms with E-state index >= 15 is 0 Å². The van der Waals surface area contributed by atoms with Crippen LogP contribution in [0.5, 0.6) is 0 Å². The van der Waals surface area contributed by atoms with Gasteiger partial charge in [-0.15, -0.1) is 45.3 Å². The average molecular weight is 1050 g/mol. The van der Waals surface area contributed by atoms with E-state index in [1.54, 1.807) is 11.1 Å². The van der Waals surface area contributed by atoms with Gasteiger partial charge in [-0.3, -0.25) is 0 Å². The zero-order valence-corrected chi connectivity index (χ0v) is 46.7. The average Bonchev–Trinajstić information content (AvgIpc) is 4.10. The van der Waals surface area contributed by atoms with E-state index in [1.165, 1.54) is 269 Å². The van der Waals surface area contributed by atoms with Crippen molar-refractivity contribution in [1.82, 2.24) is 0 Å². The van der Waals surface area contributed by atoms with Crippen molar-refractivity contribution in [2.24, 2.45) is 0 Å². The predicted molar refractivity (Wildman–Crippen MR) is 296 cm³/mol. The lowest BCUT2D eigenvalue weighted by molar-refractivity contribution is 0.575. The number of hydrogen-bond donors (Lipinski definition) is 0. The largest absolute Gasteiger partial charge is 0.143 e. The molecule has 0 N–H and O–H groups in total. The molecule has 0 atom stereocenters. The van der Waals surface area contributed by atoms with Gasteiger partial charge in [0, 0.05) is 19.5 Å². The maximum atomic E-state index is 3.84. The standard InChI is InChI=1S/C28H44Br2S2.C28H46S2/c1-3-5-7-9-11-13-15-17-19-23-21-25(31-27(23)29)26-22-24(28(30)32-26)20-18-16-14-12-10-8-6-4-2;1-3-5-7-9-11-13-15-17-19-25-21-27(29-23-25)28-22-26(24-30-28)20-18-16-14-12-10-8-6-4-2/h21-22H,3-20H2,1-2H3;21-24H,3-20H2,1-2H3. The molecular weight excluding hydrogens is 961 g/mol. The van der Waals surface area contributed by atoms with Gasteiger partial charge in [0.25, 0.3) is 0 Å². The van der Waals surface area contributed by atoms with E-state index in [0.717, 1.165) is 0 Å². The van der Waals surface area contributed by atoms with Crippen LogP contribution in [0.4, 0.5) is 0 Å². The highest BCUT2D eigenvalue weighted by molar-refractivity contribution is 9.11. The summed E-state index contributed by atoms with van der Waals surface area (Å²) in [5, 5.41) is 4.79. The van der Waals surface area contributed by atoms with Crippen molar-refractivity contribution < 1.29 is 0 Å². The molecule has 0 spiro atoms. The summed E-state index contributed by atoms with van der Waals surface area (Å²) < 4.78 is 2.68. The highest BCUT2D eigenvalue weighted by Gasteiger charge is 2.14. The molecule has 0 saturated carbocycles. The summed E-state index contributed by atoms with van der Waals surface area (Å²) in [5.41, 5.74) is 6.12. The Morgan fingerprint density at radius 1 is 0.306 bits per heavy atom. The quantitative estimate of drug-likeness (QED) is 0.0393. The second-order valence-electron chi connectivity index (χ2n) is 18.4. The summed E-state index contributed by atoms with van der Waals surface area (Å²) in [6, 6.07) is 9.79. The Kier molecular flexibility index (Phi) is 34.2. The zero-order chi connectivity index (χ0) is 44.3. The van der Waals surface area contributed by atoms with Crippen molar-refractivity contribution in [2.75, 3.05) is 0 Å². The Hall–Kier alpha value is -0.240. The van der Waals surface area contributed by atoms with Crippen molar-refractivity contribution in [1.29, 1.82) is 0 Å². The van der Waals surface area contributed by atoms with Gasteiger partial charge in [0.15, 0.2) is 0 Å². The summed E-state index contributed by atoms with van der Waals surface area (Å²) in [7, 11) is 0. The summed E-state index contributed by atoms with van der Waals surface area (Å²) in [6.45, 7) is 9.17. The van der Waals surface area contributed by atoms with Crippen LogP contribution in [0.25, 0.3) is 19.5 Å². The smallest absolute Gasteiger partial charge is 0.0737 e. The fourth-order valence-electron chi connectivity index (χ4n) is 8.49. The van der Waals surface area contributed by atoms with E-state index in [2.05, 4.69) is 94.6 Å². The van der Waals surface area contributed by atoms with Gasteiger partial charge in [0.05, 0.1) is 7.57 Å². The Bertz CT molecular complexity index is 1490. The monoisotopic (exact) mass is 1050 g/mol. The third kappa shape index (κ3) is 25.6. The van der Waals surface area contributed by atoms with Crippen molar-refractivity contribution >= 4 is 77.2 Å². The molecule has 0 unspecified atom stereocenters. The minimum Gasteiger partial charge on any atom is -0.143 e. The van der Waals surface area contributed by atoms with Crippen LogP contribution < -0.4 is 0 Å². The van der Waals surface area contributed by atoms with Crippen LogP contribution >= 0.6 is 77.2 Å². The molecule has 4 aromatic heterocycles. The van der Waals surface area contributed by atoms with E-state index in [4.69, 9.17) is 0 Å². The van der Waals surface area contributed by atoms with E-state index in [0.29, 0.717) is 0 Å². The van der Waals surface area contributed by atoms with Crippen LogP contribution in [0, 0.1) is 0 Å². The topological polar surface area (TPSA) is 0 Å². The molecule has 4 aromatic rings. The van der Waals surface area contributed by atoms with Crippen molar-refractivity contribution in [2.45, 2.75) is 259 Å². The van der Waals surface area contributed by atoms with E-state index in [9.17, 15) is 0 Å². The molecule has 352 valence electrons. The summed E-state index contributed by atoms with van der Waals surface area (Å²) in [6.07, 6.45) is 49.7. The molecule has 0 nitrogen and oxygen atoms in total. The minimum atomic E-state index is 1.21. The lowest BCUT2D eigenvalue weighted by Crippen LogP contribution is -1.85. The minimum absolute atomic E-state index is 1.21. The normalized spacial score (nSPS) is 11.5. The molecule has 4 heterocycles. The second kappa shape index (κ2) is 37.8. The van der Waals surface area contributed by atoms with Gasteiger partial charge >= 0.3 is 0 Å². The molecular formula is C56H90Br2S4. The van der Waals surface area contributed by atoms with Crippen molar-refractivity contribution in [3.63, 3.8) is 0 Å². The third-order valence-corrected chi connectivity index (χ3v) is 18.8. The molecule has 0 bridgehead atoms. The fraction of sp³-hybridized carbons (Fsp3) is 0.714. The first-order valence-electron chi connectivity index (χ1n) is 26.2. The first-order valence-corrected chi connectivity index (χ1v) is 31.2. The second-order valence-corrected chi connectivity index (χ2v) is 24.9. The summed E-state index contributed by atoms with van der Waals surface area (Å²) >= 11 is 15.4. The highest BCUT2D eigenvalue weighted by Crippen LogP contribution is 2.42. The number of halogens is 2. The van der Waals surface area contributed by atoms with Crippen LogP contribution in [0.2, 0.25) is 0 Å². The Morgan fingerprint density at radius 3 is 0.855 bits per heavy atom. The molecule has 4 rings (SSSR count). The van der Waals surface area contributed by atoms with Crippen LogP contribution in [0.1, 0.15) is 255 Å². The van der Waals surface area contributed by atoms with Gasteiger partial charge in [0.1, 0.15) is 0 Å². The third-order valence-electron chi connectivity index (χ3n) is 12.5. The van der Waals surface area contributed by atoms with Gasteiger partial charge in [-0.1, -0.05) is 207 Å². The maximum absolute atomic E-state index is 3.84. The first-order chi connectivity index (χ1) is 30.5. The van der Waals surface area contributed by atoms with Crippen LogP contribution in [0.15, 0.2) is 42.6 Å². The molecule has 0 radical (unpaired) electrons. The predicted octanol–water partition coefficient (Wildman–Crippen LogP) is 23.2. The van der Waals surface area contributed by atoms with Crippen LogP contribution in [0.3, 0.4) is 0 Å². The summed E-state index contributed by atoms with van der Waals surface area (Å²) in [5.74, 6) is 0. The lowest BCUT2D eigenvalue weighted by Gasteiger charge is -2.01. The molecule has 0 aromatic carbocycles. The van der Waals surface area contributed by atoms with Crippen LogP contribution in [-0.2, 0) is 25.7 Å². The molecule has 0 aliphatic carbocycles. The van der Waals surface area contributed by atoms with Gasteiger partial charge in [-0.05, 0) is 141 Å². The van der Waals surface area contributed by atoms with Gasteiger partial charge in [0.2, 0.25) is 0 Å². The maximum Gasteiger partial charge on any atom is 0.0737 e. The SMILES string of the molecule is CCCCCCCCCCc1cc(-c2cc(CCCCCCCCCC)c(Br)s2)sc1Br.CCCCCCCCCCc1csc(-c2cc(CCCCCCCCCC)cs2)c1. The van der Waals surface area contributed by atoms with Gasteiger partial charge in [-0.2, -0.15) is 0 Å². The Balaban J connectivity index is 0.000000331. The molecule has 0 aliphatic rings. The molecule has 0 saturated heterocycles. The Labute approximate surface area is 417 Å². The number of hydrogen-bond acceptors (Lipinski definition) is 4. The Morgan fingerprint density at radius 2 is 0.565 bits per heavy atom. The van der Waals surface area contributed by atoms with Gasteiger partial charge < -0.3 is 0 Å². The van der Waals surface area contributed by atoms with Gasteiger partial charge in [-0.25, -0.2) is 0 Å².